The first-order valence-corrected chi connectivity index (χ1v) is 8.63. The average Bonchev–Trinajstić information content (AvgIpc) is 2.78. The fourth-order valence-corrected chi connectivity index (χ4v) is 3.05. The molecule has 0 atom stereocenters. The maximum atomic E-state index is 12.2. The van der Waals surface area contributed by atoms with Gasteiger partial charge in [0.15, 0.2) is 0 Å². The zero-order valence-corrected chi connectivity index (χ0v) is 14.6. The Bertz CT molecular complexity index is 827. The predicted octanol–water partition coefficient (Wildman–Crippen LogP) is 2.59. The summed E-state index contributed by atoms with van der Waals surface area (Å²) in [5, 5.41) is 0. The van der Waals surface area contributed by atoms with Crippen molar-refractivity contribution in [3.05, 3.63) is 51.4 Å². The van der Waals surface area contributed by atoms with Crippen LogP contribution >= 0.6 is 15.9 Å². The van der Waals surface area contributed by atoms with Crippen molar-refractivity contribution in [3.63, 3.8) is 0 Å². The highest BCUT2D eigenvalue weighted by atomic mass is 79.9. The number of halogens is 1. The second kappa shape index (κ2) is 6.23. The SMILES string of the molecule is Cc1cc(C(=O)NNS(=O)(=O)c2ccc(Br)c(C)c2)c(C)o1. The molecular formula is C14H15BrN2O4S. The number of carbonyl (C=O) groups excluding carboxylic acids is 1. The molecule has 1 aromatic carbocycles. The van der Waals surface area contributed by atoms with E-state index in [1.807, 2.05) is 0 Å². The Morgan fingerprint density at radius 2 is 1.86 bits per heavy atom. The molecule has 0 spiro atoms. The Morgan fingerprint density at radius 1 is 1.18 bits per heavy atom. The summed E-state index contributed by atoms with van der Waals surface area (Å²) in [7, 11) is -3.84. The second-order valence-electron chi connectivity index (χ2n) is 4.80. The molecule has 0 aliphatic rings. The van der Waals surface area contributed by atoms with Gasteiger partial charge in [-0.15, -0.1) is 4.83 Å². The van der Waals surface area contributed by atoms with E-state index in [9.17, 15) is 13.2 Å². The molecule has 2 N–H and O–H groups in total. The van der Waals surface area contributed by atoms with E-state index in [1.54, 1.807) is 32.9 Å². The molecule has 0 saturated carbocycles. The second-order valence-corrected chi connectivity index (χ2v) is 7.33. The first-order chi connectivity index (χ1) is 10.2. The van der Waals surface area contributed by atoms with E-state index in [0.29, 0.717) is 11.5 Å². The lowest BCUT2D eigenvalue weighted by atomic mass is 10.2. The number of hydrogen-bond acceptors (Lipinski definition) is 4. The summed E-state index contributed by atoms with van der Waals surface area (Å²) in [6, 6.07) is 6.13. The van der Waals surface area contributed by atoms with E-state index in [2.05, 4.69) is 26.2 Å². The molecule has 0 bridgehead atoms. The Hall–Kier alpha value is -1.64. The average molecular weight is 387 g/mol. The van der Waals surface area contributed by atoms with Gasteiger partial charge in [0, 0.05) is 4.47 Å². The minimum absolute atomic E-state index is 0.0635. The van der Waals surface area contributed by atoms with Crippen molar-refractivity contribution in [3.8, 4) is 0 Å². The maximum absolute atomic E-state index is 12.2. The molecule has 1 aromatic heterocycles. The zero-order chi connectivity index (χ0) is 16.5. The molecule has 8 heteroatoms. The van der Waals surface area contributed by atoms with E-state index in [1.165, 1.54) is 12.1 Å². The number of aryl methyl sites for hydroxylation is 3. The van der Waals surface area contributed by atoms with Crippen molar-refractivity contribution in [1.29, 1.82) is 0 Å². The van der Waals surface area contributed by atoms with E-state index in [0.717, 1.165) is 10.0 Å². The number of hydrazine groups is 1. The number of amides is 1. The molecule has 0 fully saturated rings. The third-order valence-electron chi connectivity index (χ3n) is 3.02. The van der Waals surface area contributed by atoms with Crippen molar-refractivity contribution < 1.29 is 17.6 Å². The van der Waals surface area contributed by atoms with Gasteiger partial charge in [-0.05, 0) is 50.6 Å². The van der Waals surface area contributed by atoms with Crippen molar-refractivity contribution in [2.45, 2.75) is 25.7 Å². The highest BCUT2D eigenvalue weighted by molar-refractivity contribution is 9.10. The van der Waals surface area contributed by atoms with Crippen LogP contribution in [-0.2, 0) is 10.0 Å². The van der Waals surface area contributed by atoms with Crippen LogP contribution in [-0.4, -0.2) is 14.3 Å². The number of furan rings is 1. The van der Waals surface area contributed by atoms with Gasteiger partial charge in [0.1, 0.15) is 11.5 Å². The van der Waals surface area contributed by atoms with Crippen LogP contribution in [0.15, 0.2) is 38.1 Å². The summed E-state index contributed by atoms with van der Waals surface area (Å²) in [6.45, 7) is 5.12. The molecule has 2 rings (SSSR count). The Kier molecular flexibility index (Phi) is 4.74. The fourth-order valence-electron chi connectivity index (χ4n) is 1.88. The molecule has 1 heterocycles. The molecule has 22 heavy (non-hydrogen) atoms. The first kappa shape index (κ1) is 16.7. The lowest BCUT2D eigenvalue weighted by Gasteiger charge is -2.09. The zero-order valence-electron chi connectivity index (χ0n) is 12.2. The van der Waals surface area contributed by atoms with E-state index in [4.69, 9.17) is 4.42 Å². The third kappa shape index (κ3) is 3.57. The Balaban J connectivity index is 2.14. The lowest BCUT2D eigenvalue weighted by molar-refractivity contribution is 0.0943. The van der Waals surface area contributed by atoms with Gasteiger partial charge in [-0.1, -0.05) is 15.9 Å². The minimum atomic E-state index is -3.84. The molecule has 0 saturated heterocycles. The van der Waals surface area contributed by atoms with Gasteiger partial charge >= 0.3 is 0 Å². The van der Waals surface area contributed by atoms with Gasteiger partial charge in [0.05, 0.1) is 10.5 Å². The number of benzene rings is 1. The van der Waals surface area contributed by atoms with Crippen molar-refractivity contribution in [2.24, 2.45) is 0 Å². The number of sulfonamides is 1. The normalized spacial score (nSPS) is 11.5. The summed E-state index contributed by atoms with van der Waals surface area (Å²) >= 11 is 3.30. The molecule has 2 aromatic rings. The molecule has 1 amide bonds. The Morgan fingerprint density at radius 3 is 2.41 bits per heavy atom. The van der Waals surface area contributed by atoms with Crippen molar-refractivity contribution >= 4 is 31.9 Å². The van der Waals surface area contributed by atoms with Crippen molar-refractivity contribution in [2.75, 3.05) is 0 Å². The van der Waals surface area contributed by atoms with Crippen LogP contribution in [0.3, 0.4) is 0 Å². The minimum Gasteiger partial charge on any atom is -0.466 e. The molecule has 0 aliphatic heterocycles. The van der Waals surface area contributed by atoms with Gasteiger partial charge in [0.2, 0.25) is 0 Å². The largest absolute Gasteiger partial charge is 0.466 e. The van der Waals surface area contributed by atoms with Crippen LogP contribution in [0.4, 0.5) is 0 Å². The number of rotatable bonds is 4. The highest BCUT2D eigenvalue weighted by Crippen LogP contribution is 2.19. The first-order valence-electron chi connectivity index (χ1n) is 6.36. The quantitative estimate of drug-likeness (QED) is 0.790. The van der Waals surface area contributed by atoms with E-state index >= 15 is 0 Å². The fraction of sp³-hybridized carbons (Fsp3) is 0.214. The number of nitrogens with one attached hydrogen (secondary N) is 2. The van der Waals surface area contributed by atoms with Gasteiger partial charge in [0.25, 0.3) is 15.9 Å². The predicted molar refractivity (Wildman–Crippen MR) is 84.8 cm³/mol. The third-order valence-corrected chi connectivity index (χ3v) is 5.16. The monoisotopic (exact) mass is 386 g/mol. The van der Waals surface area contributed by atoms with E-state index in [-0.39, 0.29) is 10.5 Å². The van der Waals surface area contributed by atoms with Crippen LogP contribution in [0.2, 0.25) is 0 Å². The summed E-state index contributed by atoms with van der Waals surface area (Å²) in [5.74, 6) is 0.425. The number of carbonyl (C=O) groups is 1. The maximum Gasteiger partial charge on any atom is 0.269 e. The van der Waals surface area contributed by atoms with Crippen LogP contribution in [0.25, 0.3) is 0 Å². The standard InChI is InChI=1S/C14H15BrN2O4S/c1-8-6-11(4-5-13(8)15)22(19,20)17-16-14(18)12-7-9(2)21-10(12)3/h4-7,17H,1-3H3,(H,16,18). The number of hydrogen-bond donors (Lipinski definition) is 2. The van der Waals surface area contributed by atoms with Crippen LogP contribution in [0.1, 0.15) is 27.4 Å². The van der Waals surface area contributed by atoms with Gasteiger partial charge in [-0.25, -0.2) is 8.42 Å². The van der Waals surface area contributed by atoms with Crippen LogP contribution in [0, 0.1) is 20.8 Å². The summed E-state index contributed by atoms with van der Waals surface area (Å²) in [4.78, 5) is 14.1. The molecule has 0 aliphatic carbocycles. The van der Waals surface area contributed by atoms with Gasteiger partial charge in [-0.3, -0.25) is 10.2 Å². The molecule has 0 radical (unpaired) electrons. The Labute approximate surface area is 137 Å². The molecular weight excluding hydrogens is 372 g/mol. The molecule has 6 nitrogen and oxygen atoms in total. The lowest BCUT2D eigenvalue weighted by Crippen LogP contribution is -2.41. The van der Waals surface area contributed by atoms with Gasteiger partial charge in [-0.2, -0.15) is 0 Å². The van der Waals surface area contributed by atoms with Gasteiger partial charge < -0.3 is 4.42 Å². The highest BCUT2D eigenvalue weighted by Gasteiger charge is 2.18. The summed E-state index contributed by atoms with van der Waals surface area (Å²) < 4.78 is 30.4. The molecule has 118 valence electrons. The van der Waals surface area contributed by atoms with Crippen LogP contribution in [0.5, 0.6) is 0 Å². The smallest absolute Gasteiger partial charge is 0.269 e. The van der Waals surface area contributed by atoms with E-state index < -0.39 is 15.9 Å². The molecule has 0 unspecified atom stereocenters. The summed E-state index contributed by atoms with van der Waals surface area (Å²) in [6.07, 6.45) is 0. The topological polar surface area (TPSA) is 88.4 Å². The van der Waals surface area contributed by atoms with Crippen LogP contribution < -0.4 is 10.3 Å². The summed E-state index contributed by atoms with van der Waals surface area (Å²) in [5.41, 5.74) is 3.24. The van der Waals surface area contributed by atoms with Crippen molar-refractivity contribution in [1.82, 2.24) is 10.3 Å².